The molecule has 0 aliphatic rings. The third-order valence-corrected chi connectivity index (χ3v) is 1.95. The number of carbonyl (C=O) groups is 1. The molecule has 0 saturated heterocycles. The van der Waals surface area contributed by atoms with Crippen LogP contribution in [0.25, 0.3) is 0 Å². The number of ether oxygens (including phenoxy) is 2. The predicted molar refractivity (Wildman–Crippen MR) is 53.9 cm³/mol. The monoisotopic (exact) mass is 204 g/mol. The van der Waals surface area contributed by atoms with Gasteiger partial charge in [-0.2, -0.15) is 0 Å². The van der Waals surface area contributed by atoms with Gasteiger partial charge in [-0.05, 0) is 19.9 Å². The maximum Gasteiger partial charge on any atom is 0.249 e. The SMILES string of the molecule is COCC(CCN)NC(=O)C(C)OC. The van der Waals surface area contributed by atoms with Gasteiger partial charge in [-0.3, -0.25) is 4.79 Å². The van der Waals surface area contributed by atoms with Gasteiger partial charge in [-0.1, -0.05) is 0 Å². The summed E-state index contributed by atoms with van der Waals surface area (Å²) in [5.74, 6) is -0.136. The Bertz CT molecular complexity index is 158. The molecule has 0 aromatic heterocycles. The first-order valence-corrected chi connectivity index (χ1v) is 4.67. The highest BCUT2D eigenvalue weighted by molar-refractivity contribution is 5.80. The molecule has 0 aliphatic carbocycles. The van der Waals surface area contributed by atoms with Crippen molar-refractivity contribution in [3.8, 4) is 0 Å². The second-order valence-corrected chi connectivity index (χ2v) is 3.12. The van der Waals surface area contributed by atoms with Gasteiger partial charge in [0, 0.05) is 14.2 Å². The molecule has 14 heavy (non-hydrogen) atoms. The molecule has 0 radical (unpaired) electrons. The molecule has 5 heteroatoms. The first-order valence-electron chi connectivity index (χ1n) is 4.67. The summed E-state index contributed by atoms with van der Waals surface area (Å²) in [6.07, 6.45) is 0.267. The van der Waals surface area contributed by atoms with Gasteiger partial charge < -0.3 is 20.5 Å². The normalized spacial score (nSPS) is 14.9. The van der Waals surface area contributed by atoms with Gasteiger partial charge in [0.25, 0.3) is 0 Å². The van der Waals surface area contributed by atoms with Crippen LogP contribution in [0.15, 0.2) is 0 Å². The molecule has 0 heterocycles. The first kappa shape index (κ1) is 13.4. The lowest BCUT2D eigenvalue weighted by Gasteiger charge is -2.19. The van der Waals surface area contributed by atoms with Crippen molar-refractivity contribution in [2.24, 2.45) is 5.73 Å². The summed E-state index contributed by atoms with van der Waals surface area (Å²) >= 11 is 0. The van der Waals surface area contributed by atoms with E-state index in [1.54, 1.807) is 14.0 Å². The zero-order chi connectivity index (χ0) is 11.0. The van der Waals surface area contributed by atoms with E-state index >= 15 is 0 Å². The molecular formula is C9H20N2O3. The average Bonchev–Trinajstić information content (AvgIpc) is 2.17. The Morgan fingerprint density at radius 2 is 2.14 bits per heavy atom. The second kappa shape index (κ2) is 7.73. The van der Waals surface area contributed by atoms with Crippen LogP contribution in [-0.4, -0.2) is 45.4 Å². The number of rotatable bonds is 7. The van der Waals surface area contributed by atoms with E-state index in [2.05, 4.69) is 5.32 Å². The fourth-order valence-electron chi connectivity index (χ4n) is 1.03. The van der Waals surface area contributed by atoms with Gasteiger partial charge in [0.05, 0.1) is 12.6 Å². The van der Waals surface area contributed by atoms with E-state index in [9.17, 15) is 4.79 Å². The Morgan fingerprint density at radius 1 is 1.50 bits per heavy atom. The maximum absolute atomic E-state index is 11.4. The van der Waals surface area contributed by atoms with Crippen molar-refractivity contribution in [2.45, 2.75) is 25.5 Å². The van der Waals surface area contributed by atoms with E-state index in [-0.39, 0.29) is 11.9 Å². The minimum absolute atomic E-state index is 0.0323. The van der Waals surface area contributed by atoms with Crippen molar-refractivity contribution in [1.29, 1.82) is 0 Å². The lowest BCUT2D eigenvalue weighted by atomic mass is 10.2. The summed E-state index contributed by atoms with van der Waals surface area (Å²) in [7, 11) is 3.09. The minimum Gasteiger partial charge on any atom is -0.383 e. The standard InChI is InChI=1S/C9H20N2O3/c1-7(14-3)9(12)11-8(4-5-10)6-13-2/h7-8H,4-6,10H2,1-3H3,(H,11,12). The lowest BCUT2D eigenvalue weighted by Crippen LogP contribution is -2.44. The number of amides is 1. The zero-order valence-corrected chi connectivity index (χ0v) is 9.08. The molecule has 2 unspecified atom stereocenters. The predicted octanol–water partition coefficient (Wildman–Crippen LogP) is -0.499. The van der Waals surface area contributed by atoms with Crippen LogP contribution >= 0.6 is 0 Å². The number of nitrogens with one attached hydrogen (secondary N) is 1. The van der Waals surface area contributed by atoms with Crippen LogP contribution in [0.2, 0.25) is 0 Å². The smallest absolute Gasteiger partial charge is 0.249 e. The molecule has 1 amide bonds. The quantitative estimate of drug-likeness (QED) is 0.586. The van der Waals surface area contributed by atoms with Crippen LogP contribution in [0.5, 0.6) is 0 Å². The van der Waals surface area contributed by atoms with Gasteiger partial charge in [0.15, 0.2) is 0 Å². The Kier molecular flexibility index (Phi) is 7.37. The van der Waals surface area contributed by atoms with E-state index in [1.165, 1.54) is 7.11 Å². The molecule has 0 aromatic rings. The van der Waals surface area contributed by atoms with Crippen molar-refractivity contribution in [3.05, 3.63) is 0 Å². The van der Waals surface area contributed by atoms with Crippen LogP contribution in [0.4, 0.5) is 0 Å². The highest BCUT2D eigenvalue weighted by Gasteiger charge is 2.16. The maximum atomic E-state index is 11.4. The van der Waals surface area contributed by atoms with E-state index in [0.717, 1.165) is 0 Å². The Hall–Kier alpha value is -0.650. The summed E-state index contributed by atoms with van der Waals surface area (Å²) in [5.41, 5.74) is 5.41. The first-order chi connectivity index (χ1) is 6.65. The van der Waals surface area contributed by atoms with Crippen molar-refractivity contribution in [1.82, 2.24) is 5.32 Å². The van der Waals surface area contributed by atoms with E-state index < -0.39 is 6.10 Å². The van der Waals surface area contributed by atoms with Crippen LogP contribution in [-0.2, 0) is 14.3 Å². The Balaban J connectivity index is 3.94. The number of nitrogens with two attached hydrogens (primary N) is 1. The largest absolute Gasteiger partial charge is 0.383 e. The topological polar surface area (TPSA) is 73.6 Å². The van der Waals surface area contributed by atoms with Gasteiger partial charge in [-0.15, -0.1) is 0 Å². The van der Waals surface area contributed by atoms with Crippen LogP contribution in [0.3, 0.4) is 0 Å². The molecule has 84 valence electrons. The number of hydrogen-bond donors (Lipinski definition) is 2. The van der Waals surface area contributed by atoms with Crippen LogP contribution < -0.4 is 11.1 Å². The van der Waals surface area contributed by atoms with Crippen molar-refractivity contribution in [3.63, 3.8) is 0 Å². The molecule has 0 fully saturated rings. The van der Waals surface area contributed by atoms with Crippen LogP contribution in [0, 0.1) is 0 Å². The van der Waals surface area contributed by atoms with Crippen LogP contribution in [0.1, 0.15) is 13.3 Å². The highest BCUT2D eigenvalue weighted by atomic mass is 16.5. The third kappa shape index (κ3) is 5.16. The molecule has 0 aromatic carbocycles. The molecule has 0 spiro atoms. The Labute approximate surface area is 84.9 Å². The molecule has 3 N–H and O–H groups in total. The minimum atomic E-state index is -0.438. The summed E-state index contributed by atoms with van der Waals surface area (Å²) < 4.78 is 9.84. The van der Waals surface area contributed by atoms with Gasteiger partial charge in [0.2, 0.25) is 5.91 Å². The number of hydrogen-bond acceptors (Lipinski definition) is 4. The molecule has 0 aliphatic heterocycles. The fourth-order valence-corrected chi connectivity index (χ4v) is 1.03. The number of carbonyl (C=O) groups excluding carboxylic acids is 1. The van der Waals surface area contributed by atoms with Gasteiger partial charge in [0.1, 0.15) is 6.10 Å². The van der Waals surface area contributed by atoms with Gasteiger partial charge in [-0.25, -0.2) is 0 Å². The van der Waals surface area contributed by atoms with E-state index in [0.29, 0.717) is 19.6 Å². The molecular weight excluding hydrogens is 184 g/mol. The van der Waals surface area contributed by atoms with E-state index in [4.69, 9.17) is 15.2 Å². The molecule has 0 rings (SSSR count). The summed E-state index contributed by atoms with van der Waals surface area (Å²) in [5, 5.41) is 2.80. The second-order valence-electron chi connectivity index (χ2n) is 3.12. The number of methoxy groups -OCH3 is 2. The summed E-state index contributed by atoms with van der Waals surface area (Å²) in [4.78, 5) is 11.4. The summed E-state index contributed by atoms with van der Waals surface area (Å²) in [6, 6.07) is -0.0323. The zero-order valence-electron chi connectivity index (χ0n) is 9.08. The fraction of sp³-hybridized carbons (Fsp3) is 0.889. The molecule has 0 bridgehead atoms. The van der Waals surface area contributed by atoms with E-state index in [1.807, 2.05) is 0 Å². The van der Waals surface area contributed by atoms with Gasteiger partial charge >= 0.3 is 0 Å². The molecule has 5 nitrogen and oxygen atoms in total. The van der Waals surface area contributed by atoms with Crippen molar-refractivity contribution >= 4 is 5.91 Å². The Morgan fingerprint density at radius 3 is 2.57 bits per heavy atom. The average molecular weight is 204 g/mol. The third-order valence-electron chi connectivity index (χ3n) is 1.95. The van der Waals surface area contributed by atoms with Crippen molar-refractivity contribution < 1.29 is 14.3 Å². The lowest BCUT2D eigenvalue weighted by molar-refractivity contribution is -0.131. The highest BCUT2D eigenvalue weighted by Crippen LogP contribution is 1.94. The van der Waals surface area contributed by atoms with Crippen molar-refractivity contribution in [2.75, 3.05) is 27.4 Å². The summed E-state index contributed by atoms with van der Waals surface area (Å²) in [6.45, 7) is 2.69. The molecule has 0 saturated carbocycles. The molecule has 2 atom stereocenters.